The van der Waals surface area contributed by atoms with Gasteiger partial charge >= 0.3 is 12.3 Å². The largest absolute Gasteiger partial charge is 0.493 e. The van der Waals surface area contributed by atoms with Crippen molar-refractivity contribution in [3.63, 3.8) is 0 Å². The van der Waals surface area contributed by atoms with Crippen LogP contribution in [-0.2, 0) is 33.2 Å². The third-order valence-corrected chi connectivity index (χ3v) is 6.65. The summed E-state index contributed by atoms with van der Waals surface area (Å²) in [7, 11) is 0. The summed E-state index contributed by atoms with van der Waals surface area (Å²) >= 11 is 3.42. The van der Waals surface area contributed by atoms with Gasteiger partial charge in [-0.2, -0.15) is 13.2 Å². The van der Waals surface area contributed by atoms with Crippen LogP contribution in [0.2, 0.25) is 0 Å². The van der Waals surface area contributed by atoms with Gasteiger partial charge in [0, 0.05) is 4.47 Å². The van der Waals surface area contributed by atoms with E-state index in [0.29, 0.717) is 18.4 Å². The number of rotatable bonds is 9. The van der Waals surface area contributed by atoms with Crippen molar-refractivity contribution in [2.24, 2.45) is 0 Å². The summed E-state index contributed by atoms with van der Waals surface area (Å²) in [5.74, 6) is -1.04. The Morgan fingerprint density at radius 2 is 1.69 bits per heavy atom. The van der Waals surface area contributed by atoms with Crippen molar-refractivity contribution in [1.82, 2.24) is 5.32 Å². The molecule has 0 aliphatic carbocycles. The minimum atomic E-state index is -4.58. The van der Waals surface area contributed by atoms with Crippen molar-refractivity contribution in [3.05, 3.63) is 63.6 Å². The van der Waals surface area contributed by atoms with Crippen molar-refractivity contribution in [1.29, 1.82) is 0 Å². The molecular formula is C29H37BrF3NO5. The van der Waals surface area contributed by atoms with Crippen LogP contribution in [0.15, 0.2) is 46.9 Å². The lowest BCUT2D eigenvalue weighted by molar-refractivity contribution is -0.271. The highest BCUT2D eigenvalue weighted by Crippen LogP contribution is 2.38. The van der Waals surface area contributed by atoms with Gasteiger partial charge in [0.25, 0.3) is 0 Å². The Morgan fingerprint density at radius 1 is 1.03 bits per heavy atom. The number of hydrogen-bond acceptors (Lipinski definition) is 5. The van der Waals surface area contributed by atoms with Gasteiger partial charge in [-0.3, -0.25) is 0 Å². The van der Waals surface area contributed by atoms with Gasteiger partial charge in [-0.05, 0) is 95.7 Å². The quantitative estimate of drug-likeness (QED) is 0.297. The molecule has 1 heterocycles. The second-order valence-electron chi connectivity index (χ2n) is 11.3. The molecule has 39 heavy (non-hydrogen) atoms. The third-order valence-electron chi connectivity index (χ3n) is 6.16. The summed E-state index contributed by atoms with van der Waals surface area (Å²) in [6, 6.07) is 11.9. The van der Waals surface area contributed by atoms with Crippen LogP contribution in [0, 0.1) is 0 Å². The van der Waals surface area contributed by atoms with E-state index in [-0.39, 0.29) is 38.4 Å². The fourth-order valence-corrected chi connectivity index (χ4v) is 4.57. The average Bonchev–Trinajstić information content (AvgIpc) is 2.81. The number of alkyl carbamates (subject to hydrolysis) is 1. The number of carbonyl (C=O) groups is 1. The van der Waals surface area contributed by atoms with E-state index in [1.807, 2.05) is 24.3 Å². The van der Waals surface area contributed by atoms with Gasteiger partial charge in [-0.1, -0.05) is 34.1 Å². The van der Waals surface area contributed by atoms with E-state index < -0.39 is 34.8 Å². The molecule has 1 fully saturated rings. The minimum Gasteiger partial charge on any atom is -0.493 e. The second-order valence-corrected chi connectivity index (χ2v) is 12.2. The summed E-state index contributed by atoms with van der Waals surface area (Å²) in [4.78, 5) is 12.6. The monoisotopic (exact) mass is 615 g/mol. The topological polar surface area (TPSA) is 66.0 Å². The van der Waals surface area contributed by atoms with E-state index in [0.717, 1.165) is 16.1 Å². The SMILES string of the molecule is CC(C)(C)OC(=O)NC1(CCc2ccc(OCCCc3cccc(Br)c3)c(C(F)(F)F)c2)COC(C)(C)OC1. The van der Waals surface area contributed by atoms with Crippen molar-refractivity contribution in [3.8, 4) is 5.75 Å². The molecule has 1 amide bonds. The number of nitrogens with one attached hydrogen (secondary N) is 1. The van der Waals surface area contributed by atoms with E-state index in [2.05, 4.69) is 21.2 Å². The molecule has 6 nitrogen and oxygen atoms in total. The number of amides is 1. The number of carbonyl (C=O) groups excluding carboxylic acids is 1. The van der Waals surface area contributed by atoms with Crippen molar-refractivity contribution < 1.29 is 36.9 Å². The van der Waals surface area contributed by atoms with Crippen molar-refractivity contribution in [2.75, 3.05) is 19.8 Å². The Kier molecular flexibility index (Phi) is 9.99. The molecule has 1 aliphatic rings. The molecule has 1 saturated heterocycles. The predicted molar refractivity (Wildman–Crippen MR) is 146 cm³/mol. The van der Waals surface area contributed by atoms with E-state index in [9.17, 15) is 18.0 Å². The Bertz CT molecular complexity index is 1120. The summed E-state index contributed by atoms with van der Waals surface area (Å²) < 4.78 is 65.3. The number of benzene rings is 2. The molecule has 1 N–H and O–H groups in total. The van der Waals surface area contributed by atoms with E-state index >= 15 is 0 Å². The van der Waals surface area contributed by atoms with Crippen LogP contribution in [0.1, 0.15) is 64.2 Å². The Balaban J connectivity index is 1.68. The summed E-state index contributed by atoms with van der Waals surface area (Å²) in [5, 5.41) is 2.84. The molecule has 1 aliphatic heterocycles. The second kappa shape index (κ2) is 12.5. The molecule has 0 radical (unpaired) electrons. The van der Waals surface area contributed by atoms with Crippen LogP contribution in [0.3, 0.4) is 0 Å². The number of aryl methyl sites for hydroxylation is 2. The third kappa shape index (κ3) is 9.99. The molecule has 0 spiro atoms. The first-order valence-corrected chi connectivity index (χ1v) is 13.7. The van der Waals surface area contributed by atoms with Gasteiger partial charge < -0.3 is 24.3 Å². The molecule has 3 rings (SSSR count). The molecule has 2 aromatic carbocycles. The molecular weight excluding hydrogens is 579 g/mol. The summed E-state index contributed by atoms with van der Waals surface area (Å²) in [6.07, 6.45) is -3.43. The smallest absolute Gasteiger partial charge is 0.419 e. The first-order valence-electron chi connectivity index (χ1n) is 12.9. The molecule has 0 atom stereocenters. The Labute approximate surface area is 236 Å². The van der Waals surface area contributed by atoms with E-state index in [1.54, 1.807) is 40.7 Å². The van der Waals surface area contributed by atoms with Crippen LogP contribution >= 0.6 is 15.9 Å². The van der Waals surface area contributed by atoms with Crippen LogP contribution in [0.25, 0.3) is 0 Å². The number of hydrogen-bond donors (Lipinski definition) is 1. The van der Waals surface area contributed by atoms with E-state index in [1.165, 1.54) is 6.07 Å². The highest BCUT2D eigenvalue weighted by atomic mass is 79.9. The first-order chi connectivity index (χ1) is 18.1. The van der Waals surface area contributed by atoms with Gasteiger partial charge in [0.05, 0.1) is 30.9 Å². The lowest BCUT2D eigenvalue weighted by Crippen LogP contribution is -2.61. The first kappa shape index (κ1) is 31.2. The van der Waals surface area contributed by atoms with Gasteiger partial charge in [-0.25, -0.2) is 4.79 Å². The highest BCUT2D eigenvalue weighted by Gasteiger charge is 2.42. The van der Waals surface area contributed by atoms with Gasteiger partial charge in [0.1, 0.15) is 11.4 Å². The van der Waals surface area contributed by atoms with Gasteiger partial charge in [-0.15, -0.1) is 0 Å². The van der Waals surface area contributed by atoms with Crippen LogP contribution < -0.4 is 10.1 Å². The zero-order valence-corrected chi connectivity index (χ0v) is 24.6. The zero-order valence-electron chi connectivity index (χ0n) is 23.0. The molecule has 2 aromatic rings. The lowest BCUT2D eigenvalue weighted by atomic mass is 9.91. The van der Waals surface area contributed by atoms with Gasteiger partial charge in [0.2, 0.25) is 0 Å². The Morgan fingerprint density at radius 3 is 2.31 bits per heavy atom. The molecule has 0 aromatic heterocycles. The van der Waals surface area contributed by atoms with Crippen LogP contribution in [-0.4, -0.2) is 42.8 Å². The maximum absolute atomic E-state index is 13.9. The van der Waals surface area contributed by atoms with Gasteiger partial charge in [0.15, 0.2) is 5.79 Å². The lowest BCUT2D eigenvalue weighted by Gasteiger charge is -2.44. The predicted octanol–water partition coefficient (Wildman–Crippen LogP) is 7.46. The van der Waals surface area contributed by atoms with Crippen LogP contribution in [0.4, 0.5) is 18.0 Å². The standard InChI is InChI=1S/C29H37BrF3NO5/c1-26(2,3)39-25(35)34-28(18-37-27(4,5)38-19-28)14-13-21-11-12-24(23(17-21)29(31,32)33)36-15-7-9-20-8-6-10-22(30)16-20/h6,8,10-12,16-17H,7,9,13-15,18-19H2,1-5H3,(H,34,35). The van der Waals surface area contributed by atoms with Crippen LogP contribution in [0.5, 0.6) is 5.75 Å². The maximum Gasteiger partial charge on any atom is 0.419 e. The summed E-state index contributed by atoms with van der Waals surface area (Å²) in [5.41, 5.74) is -0.964. The minimum absolute atomic E-state index is 0.130. The number of alkyl halides is 3. The Hall–Kier alpha value is -2.30. The molecule has 10 heteroatoms. The zero-order chi connectivity index (χ0) is 28.9. The molecule has 0 saturated carbocycles. The fraction of sp³-hybridized carbons (Fsp3) is 0.552. The maximum atomic E-state index is 13.9. The van der Waals surface area contributed by atoms with Crippen molar-refractivity contribution >= 4 is 22.0 Å². The number of ether oxygens (including phenoxy) is 4. The van der Waals surface area contributed by atoms with E-state index in [4.69, 9.17) is 18.9 Å². The number of halogens is 4. The molecule has 0 bridgehead atoms. The highest BCUT2D eigenvalue weighted by molar-refractivity contribution is 9.10. The normalized spacial score (nSPS) is 16.9. The summed E-state index contributed by atoms with van der Waals surface area (Å²) in [6.45, 7) is 9.18. The average molecular weight is 617 g/mol. The molecule has 0 unspecified atom stereocenters. The fourth-order valence-electron chi connectivity index (χ4n) is 4.12. The van der Waals surface area contributed by atoms with Crippen molar-refractivity contribution in [2.45, 2.75) is 83.4 Å². The molecule has 216 valence electrons.